The zero-order valence-corrected chi connectivity index (χ0v) is 12.8. The number of para-hydroxylation sites is 1. The molecule has 0 fully saturated rings. The number of aromatic nitrogens is 1. The number of hydrogen-bond acceptors (Lipinski definition) is 3. The Morgan fingerprint density at radius 1 is 1.20 bits per heavy atom. The maximum atomic E-state index is 6.27. The molecule has 0 saturated heterocycles. The number of rotatable bonds is 4. The summed E-state index contributed by atoms with van der Waals surface area (Å²) in [6.07, 6.45) is 1.60. The number of nitrogens with two attached hydrogens (primary N) is 1. The fraction of sp³-hybridized carbons (Fsp3) is 0.267. The van der Waals surface area contributed by atoms with E-state index in [1.54, 1.807) is 6.07 Å². The predicted octanol–water partition coefficient (Wildman–Crippen LogP) is 4.22. The number of pyridine rings is 1. The Balaban J connectivity index is 2.40. The molecule has 0 aliphatic heterocycles. The highest BCUT2D eigenvalue weighted by molar-refractivity contribution is 6.34. The molecule has 0 radical (unpaired) electrons. The Morgan fingerprint density at radius 3 is 2.55 bits per heavy atom. The van der Waals surface area contributed by atoms with Crippen LogP contribution in [0.15, 0.2) is 36.5 Å². The summed E-state index contributed by atoms with van der Waals surface area (Å²) in [6.45, 7) is 3.94. The van der Waals surface area contributed by atoms with Crippen molar-refractivity contribution >= 4 is 23.2 Å². The van der Waals surface area contributed by atoms with E-state index in [0.29, 0.717) is 15.7 Å². The van der Waals surface area contributed by atoms with Gasteiger partial charge in [0, 0.05) is 11.8 Å². The summed E-state index contributed by atoms with van der Waals surface area (Å²) in [5.74, 6) is 0.739. The maximum Gasteiger partial charge on any atom is 0.124 e. The van der Waals surface area contributed by atoms with E-state index >= 15 is 0 Å². The van der Waals surface area contributed by atoms with Crippen LogP contribution in [0.1, 0.15) is 31.1 Å². The van der Waals surface area contributed by atoms with Gasteiger partial charge in [0.05, 0.1) is 27.9 Å². The van der Waals surface area contributed by atoms with Gasteiger partial charge in [0.1, 0.15) is 5.75 Å². The zero-order valence-electron chi connectivity index (χ0n) is 11.3. The molecule has 0 bridgehead atoms. The van der Waals surface area contributed by atoms with Crippen LogP contribution in [0.25, 0.3) is 0 Å². The topological polar surface area (TPSA) is 48.1 Å². The Labute approximate surface area is 128 Å². The van der Waals surface area contributed by atoms with E-state index in [9.17, 15) is 0 Å². The highest BCUT2D eigenvalue weighted by atomic mass is 35.5. The lowest BCUT2D eigenvalue weighted by molar-refractivity contribution is 0.239. The quantitative estimate of drug-likeness (QED) is 0.919. The van der Waals surface area contributed by atoms with Crippen LogP contribution in [-0.2, 0) is 0 Å². The summed E-state index contributed by atoms with van der Waals surface area (Å²) < 4.78 is 5.77. The molecule has 3 nitrogen and oxygen atoms in total. The summed E-state index contributed by atoms with van der Waals surface area (Å²) in [5.41, 5.74) is 7.70. The van der Waals surface area contributed by atoms with E-state index in [-0.39, 0.29) is 6.10 Å². The molecule has 1 aromatic heterocycles. The van der Waals surface area contributed by atoms with Crippen molar-refractivity contribution in [2.24, 2.45) is 5.73 Å². The van der Waals surface area contributed by atoms with Gasteiger partial charge in [-0.15, -0.1) is 0 Å². The second-order valence-corrected chi connectivity index (χ2v) is 5.55. The molecule has 2 aromatic rings. The fourth-order valence-electron chi connectivity index (χ4n) is 1.90. The van der Waals surface area contributed by atoms with E-state index in [1.165, 1.54) is 6.20 Å². The second-order valence-electron chi connectivity index (χ2n) is 4.70. The molecular formula is C15H16Cl2N2O. The molecule has 1 atom stereocenters. The van der Waals surface area contributed by atoms with Gasteiger partial charge >= 0.3 is 0 Å². The van der Waals surface area contributed by atoms with Crippen LogP contribution < -0.4 is 10.5 Å². The third-order valence-electron chi connectivity index (χ3n) is 2.75. The number of benzene rings is 1. The summed E-state index contributed by atoms with van der Waals surface area (Å²) in [6, 6.07) is 8.79. The molecule has 0 saturated carbocycles. The van der Waals surface area contributed by atoms with Crippen molar-refractivity contribution in [2.75, 3.05) is 0 Å². The normalized spacial score (nSPS) is 12.5. The molecule has 0 aliphatic rings. The van der Waals surface area contributed by atoms with Gasteiger partial charge in [-0.05, 0) is 26.0 Å². The minimum Gasteiger partial charge on any atom is -0.491 e. The molecular weight excluding hydrogens is 295 g/mol. The molecule has 1 heterocycles. The minimum atomic E-state index is -0.463. The van der Waals surface area contributed by atoms with Crippen molar-refractivity contribution in [1.29, 1.82) is 0 Å². The van der Waals surface area contributed by atoms with Crippen molar-refractivity contribution in [3.8, 4) is 5.75 Å². The fourth-order valence-corrected chi connectivity index (χ4v) is 2.40. The number of halogens is 2. The van der Waals surface area contributed by atoms with Crippen molar-refractivity contribution in [2.45, 2.75) is 26.0 Å². The Hall–Kier alpha value is -1.29. The highest BCUT2D eigenvalue weighted by Gasteiger charge is 2.18. The van der Waals surface area contributed by atoms with Crippen molar-refractivity contribution in [1.82, 2.24) is 4.98 Å². The van der Waals surface area contributed by atoms with Gasteiger partial charge in [0.2, 0.25) is 0 Å². The average Bonchev–Trinajstić information content (AvgIpc) is 2.38. The maximum absolute atomic E-state index is 6.27. The van der Waals surface area contributed by atoms with Crippen LogP contribution in [0.2, 0.25) is 10.0 Å². The molecule has 0 aliphatic carbocycles. The molecule has 2 N–H and O–H groups in total. The Kier molecular flexibility index (Phi) is 4.86. The van der Waals surface area contributed by atoms with Crippen LogP contribution in [0.3, 0.4) is 0 Å². The van der Waals surface area contributed by atoms with Crippen molar-refractivity contribution in [3.05, 3.63) is 57.8 Å². The first-order valence-corrected chi connectivity index (χ1v) is 7.06. The molecule has 0 spiro atoms. The van der Waals surface area contributed by atoms with Crippen LogP contribution in [0, 0.1) is 0 Å². The van der Waals surface area contributed by atoms with E-state index < -0.39 is 6.04 Å². The van der Waals surface area contributed by atoms with Crippen molar-refractivity contribution < 1.29 is 4.74 Å². The first kappa shape index (κ1) is 15.1. The Bertz CT molecular complexity index is 602. The summed E-state index contributed by atoms with van der Waals surface area (Å²) >= 11 is 12.0. The van der Waals surface area contributed by atoms with Gasteiger partial charge in [-0.1, -0.05) is 41.4 Å². The van der Waals surface area contributed by atoms with Crippen molar-refractivity contribution in [3.63, 3.8) is 0 Å². The van der Waals surface area contributed by atoms with Gasteiger partial charge in [-0.3, -0.25) is 4.98 Å². The molecule has 0 amide bonds. The third kappa shape index (κ3) is 3.42. The lowest BCUT2D eigenvalue weighted by Gasteiger charge is -2.19. The molecule has 20 heavy (non-hydrogen) atoms. The van der Waals surface area contributed by atoms with E-state index in [2.05, 4.69) is 4.98 Å². The van der Waals surface area contributed by atoms with Gasteiger partial charge < -0.3 is 10.5 Å². The van der Waals surface area contributed by atoms with Gasteiger partial charge in [0.25, 0.3) is 0 Å². The lowest BCUT2D eigenvalue weighted by atomic mass is 10.0. The monoisotopic (exact) mass is 310 g/mol. The average molecular weight is 311 g/mol. The molecule has 2 rings (SSSR count). The van der Waals surface area contributed by atoms with Crippen LogP contribution in [-0.4, -0.2) is 11.1 Å². The van der Waals surface area contributed by atoms with Gasteiger partial charge in [0.15, 0.2) is 0 Å². The SMILES string of the molecule is CC(C)Oc1ccccc1C(N)c1ncc(Cl)cc1Cl. The molecule has 5 heteroatoms. The minimum absolute atomic E-state index is 0.0667. The summed E-state index contributed by atoms with van der Waals surface area (Å²) in [4.78, 5) is 4.23. The Morgan fingerprint density at radius 2 is 1.90 bits per heavy atom. The third-order valence-corrected chi connectivity index (χ3v) is 3.26. The first-order valence-electron chi connectivity index (χ1n) is 6.31. The molecule has 1 unspecified atom stereocenters. The number of ether oxygens (including phenoxy) is 1. The van der Waals surface area contributed by atoms with Crippen LogP contribution >= 0.6 is 23.2 Å². The first-order chi connectivity index (χ1) is 9.49. The molecule has 1 aromatic carbocycles. The van der Waals surface area contributed by atoms with Gasteiger partial charge in [-0.2, -0.15) is 0 Å². The summed E-state index contributed by atoms with van der Waals surface area (Å²) in [7, 11) is 0. The van der Waals surface area contributed by atoms with Gasteiger partial charge in [-0.25, -0.2) is 0 Å². The zero-order chi connectivity index (χ0) is 14.7. The van der Waals surface area contributed by atoms with Crippen LogP contribution in [0.4, 0.5) is 0 Å². The van der Waals surface area contributed by atoms with E-state index in [4.69, 9.17) is 33.7 Å². The highest BCUT2D eigenvalue weighted by Crippen LogP contribution is 2.32. The largest absolute Gasteiger partial charge is 0.491 e. The lowest BCUT2D eigenvalue weighted by Crippen LogP contribution is -2.17. The van der Waals surface area contributed by atoms with E-state index in [1.807, 2.05) is 38.1 Å². The number of nitrogens with zero attached hydrogens (tertiary/aromatic N) is 1. The summed E-state index contributed by atoms with van der Waals surface area (Å²) in [5, 5.41) is 0.932. The number of hydrogen-bond donors (Lipinski definition) is 1. The van der Waals surface area contributed by atoms with E-state index in [0.717, 1.165) is 11.3 Å². The standard InChI is InChI=1S/C15H16Cl2N2O/c1-9(2)20-13-6-4-3-5-11(13)14(18)15-12(17)7-10(16)8-19-15/h3-9,14H,18H2,1-2H3. The smallest absolute Gasteiger partial charge is 0.124 e. The van der Waals surface area contributed by atoms with Crippen LogP contribution in [0.5, 0.6) is 5.75 Å². The second kappa shape index (κ2) is 6.44. The molecule has 106 valence electrons. The predicted molar refractivity (Wildman–Crippen MR) is 82.5 cm³/mol.